The van der Waals surface area contributed by atoms with Gasteiger partial charge in [-0.15, -0.1) is 0 Å². The molecular formula is C52H91NO8. The minimum Gasteiger partial charge on any atom is -0.394 e. The number of aliphatic hydroxyl groups is 5. The van der Waals surface area contributed by atoms with Crippen LogP contribution in [-0.4, -0.2) is 87.5 Å². The van der Waals surface area contributed by atoms with Crippen molar-refractivity contribution in [3.8, 4) is 0 Å². The molecule has 352 valence electrons. The van der Waals surface area contributed by atoms with Crippen LogP contribution in [0, 0.1) is 0 Å². The fourth-order valence-electron chi connectivity index (χ4n) is 7.36. The monoisotopic (exact) mass is 858 g/mol. The Morgan fingerprint density at radius 2 is 1.02 bits per heavy atom. The molecule has 0 saturated carbocycles. The number of nitrogens with one attached hydrogen (secondary N) is 1. The number of allylic oxidation sites excluding steroid dienone is 11. The molecule has 0 aromatic heterocycles. The number of carbonyl (C=O) groups is 1. The van der Waals surface area contributed by atoms with E-state index in [0.29, 0.717) is 6.42 Å². The second-order valence-corrected chi connectivity index (χ2v) is 16.9. The molecule has 0 radical (unpaired) electrons. The highest BCUT2D eigenvalue weighted by Gasteiger charge is 2.44. The molecule has 1 heterocycles. The first-order chi connectivity index (χ1) is 29.8. The summed E-state index contributed by atoms with van der Waals surface area (Å²) in [6, 6.07) is -0.804. The first kappa shape index (κ1) is 56.6. The third kappa shape index (κ3) is 32.0. The molecule has 1 rings (SSSR count). The van der Waals surface area contributed by atoms with Gasteiger partial charge in [0.05, 0.1) is 25.4 Å². The van der Waals surface area contributed by atoms with Gasteiger partial charge in [0, 0.05) is 6.42 Å². The molecule has 7 unspecified atom stereocenters. The molecule has 0 aromatic carbocycles. The van der Waals surface area contributed by atoms with E-state index >= 15 is 0 Å². The number of rotatable bonds is 40. The quantitative estimate of drug-likeness (QED) is 0.0264. The normalized spacial score (nSPS) is 21.1. The van der Waals surface area contributed by atoms with Gasteiger partial charge in [0.25, 0.3) is 0 Å². The zero-order valence-electron chi connectivity index (χ0n) is 38.6. The molecule has 0 aromatic rings. The topological polar surface area (TPSA) is 149 Å². The van der Waals surface area contributed by atoms with Crippen LogP contribution in [0.15, 0.2) is 72.9 Å². The Bertz CT molecular complexity index is 1180. The first-order valence-electron chi connectivity index (χ1n) is 24.7. The van der Waals surface area contributed by atoms with E-state index in [4.69, 9.17) is 9.47 Å². The van der Waals surface area contributed by atoms with Crippen molar-refractivity contribution < 1.29 is 39.8 Å². The Morgan fingerprint density at radius 3 is 1.51 bits per heavy atom. The molecule has 9 nitrogen and oxygen atoms in total. The van der Waals surface area contributed by atoms with E-state index < -0.39 is 49.5 Å². The number of carbonyl (C=O) groups excluding carboxylic acids is 1. The maximum atomic E-state index is 12.9. The predicted molar refractivity (Wildman–Crippen MR) is 253 cm³/mol. The van der Waals surface area contributed by atoms with Crippen LogP contribution in [0.5, 0.6) is 0 Å². The molecule has 1 saturated heterocycles. The van der Waals surface area contributed by atoms with Gasteiger partial charge in [-0.05, 0) is 64.2 Å². The molecule has 0 bridgehead atoms. The average molecular weight is 858 g/mol. The van der Waals surface area contributed by atoms with E-state index in [9.17, 15) is 30.3 Å². The number of amides is 1. The maximum Gasteiger partial charge on any atom is 0.220 e. The lowest BCUT2D eigenvalue weighted by Crippen LogP contribution is -2.60. The molecular weight excluding hydrogens is 767 g/mol. The van der Waals surface area contributed by atoms with Gasteiger partial charge in [0.15, 0.2) is 6.29 Å². The summed E-state index contributed by atoms with van der Waals surface area (Å²) in [6.07, 6.45) is 49.9. The summed E-state index contributed by atoms with van der Waals surface area (Å²) in [4.78, 5) is 12.9. The number of unbranched alkanes of at least 4 members (excludes halogenated alkanes) is 20. The van der Waals surface area contributed by atoms with Gasteiger partial charge in [-0.1, -0.05) is 196 Å². The zero-order valence-corrected chi connectivity index (χ0v) is 38.6. The minimum atomic E-state index is -1.57. The van der Waals surface area contributed by atoms with Gasteiger partial charge >= 0.3 is 0 Å². The summed E-state index contributed by atoms with van der Waals surface area (Å²) in [6.45, 7) is 3.59. The lowest BCUT2D eigenvalue weighted by Gasteiger charge is -2.40. The molecule has 6 N–H and O–H groups in total. The highest BCUT2D eigenvalue weighted by Crippen LogP contribution is 2.22. The summed E-state index contributed by atoms with van der Waals surface area (Å²) in [5.74, 6) is -0.184. The van der Waals surface area contributed by atoms with Crippen molar-refractivity contribution in [1.82, 2.24) is 5.32 Å². The summed E-state index contributed by atoms with van der Waals surface area (Å²) < 4.78 is 11.2. The van der Waals surface area contributed by atoms with Crippen LogP contribution < -0.4 is 5.32 Å². The van der Waals surface area contributed by atoms with Crippen LogP contribution in [0.3, 0.4) is 0 Å². The van der Waals surface area contributed by atoms with Crippen molar-refractivity contribution >= 4 is 5.91 Å². The third-order valence-corrected chi connectivity index (χ3v) is 11.3. The Labute approximate surface area is 372 Å². The Kier molecular flexibility index (Phi) is 38.7. The fourth-order valence-corrected chi connectivity index (χ4v) is 7.36. The molecule has 0 aliphatic carbocycles. The molecule has 1 fully saturated rings. The highest BCUT2D eigenvalue weighted by molar-refractivity contribution is 5.76. The molecule has 9 heteroatoms. The van der Waals surface area contributed by atoms with Gasteiger partial charge in [-0.2, -0.15) is 0 Å². The van der Waals surface area contributed by atoms with Crippen molar-refractivity contribution in [2.45, 2.75) is 236 Å². The predicted octanol–water partition coefficient (Wildman–Crippen LogP) is 10.9. The van der Waals surface area contributed by atoms with E-state index in [1.165, 1.54) is 103 Å². The van der Waals surface area contributed by atoms with Crippen molar-refractivity contribution in [3.63, 3.8) is 0 Å². The largest absolute Gasteiger partial charge is 0.394 e. The smallest absolute Gasteiger partial charge is 0.220 e. The van der Waals surface area contributed by atoms with Crippen molar-refractivity contribution in [2.24, 2.45) is 0 Å². The summed E-state index contributed by atoms with van der Waals surface area (Å²) in [5.41, 5.74) is 0. The Hall–Kier alpha value is -2.37. The molecule has 1 amide bonds. The lowest BCUT2D eigenvalue weighted by molar-refractivity contribution is -0.302. The van der Waals surface area contributed by atoms with Crippen molar-refractivity contribution in [2.75, 3.05) is 13.2 Å². The van der Waals surface area contributed by atoms with Crippen molar-refractivity contribution in [3.05, 3.63) is 72.9 Å². The van der Waals surface area contributed by atoms with Gasteiger partial charge in [-0.3, -0.25) is 4.79 Å². The van der Waals surface area contributed by atoms with Crippen LogP contribution in [0.4, 0.5) is 0 Å². The Balaban J connectivity index is 2.11. The zero-order chi connectivity index (χ0) is 44.4. The van der Waals surface area contributed by atoms with Crippen LogP contribution in [0.25, 0.3) is 0 Å². The molecule has 0 spiro atoms. The van der Waals surface area contributed by atoms with Gasteiger partial charge in [0.2, 0.25) is 5.91 Å². The van der Waals surface area contributed by atoms with E-state index in [-0.39, 0.29) is 12.5 Å². The van der Waals surface area contributed by atoms with E-state index in [1.54, 1.807) is 6.08 Å². The summed E-state index contributed by atoms with van der Waals surface area (Å²) >= 11 is 0. The highest BCUT2D eigenvalue weighted by atomic mass is 16.7. The second kappa shape index (κ2) is 41.6. The van der Waals surface area contributed by atoms with Gasteiger partial charge < -0.3 is 40.3 Å². The average Bonchev–Trinajstić information content (AvgIpc) is 3.26. The molecule has 61 heavy (non-hydrogen) atoms. The molecule has 7 atom stereocenters. The fraction of sp³-hybridized carbons (Fsp3) is 0.750. The number of ether oxygens (including phenoxy) is 2. The third-order valence-electron chi connectivity index (χ3n) is 11.3. The van der Waals surface area contributed by atoms with Crippen LogP contribution in [-0.2, 0) is 14.3 Å². The standard InChI is InChI=1S/C52H91NO8/c1-3-5-7-9-11-12-13-14-15-16-17-18-19-20-21-22-23-24-25-26-27-28-29-30-31-32-33-34-36-38-40-42-48(56)53-45(46(55)41-39-37-35-10-8-6-4-2)44-60-52-51(59)50(58)49(57)47(43-54)61-52/h5,7,11-12,14-15,17-18,20-21,39,41,45-47,49-52,54-55,57-59H,3-4,6,8-10,13,16,19,22-38,40,42-44H2,1-2H3,(H,53,56)/b7-5-,12-11-,15-14-,18-17-,21-20-,41-39+. The number of aliphatic hydroxyl groups excluding tert-OH is 5. The van der Waals surface area contributed by atoms with Gasteiger partial charge in [-0.25, -0.2) is 0 Å². The summed E-state index contributed by atoms with van der Waals surface area (Å²) in [7, 11) is 0. The maximum absolute atomic E-state index is 12.9. The first-order valence-corrected chi connectivity index (χ1v) is 24.7. The van der Waals surface area contributed by atoms with Crippen LogP contribution in [0.2, 0.25) is 0 Å². The number of hydrogen-bond acceptors (Lipinski definition) is 8. The minimum absolute atomic E-state index is 0.184. The van der Waals surface area contributed by atoms with Crippen molar-refractivity contribution in [1.29, 1.82) is 0 Å². The van der Waals surface area contributed by atoms with E-state index in [2.05, 4.69) is 79.9 Å². The Morgan fingerprint density at radius 1 is 0.574 bits per heavy atom. The van der Waals surface area contributed by atoms with Crippen LogP contribution in [0.1, 0.15) is 194 Å². The molecule has 1 aliphatic rings. The summed E-state index contributed by atoms with van der Waals surface area (Å²) in [5, 5.41) is 53.9. The SMILES string of the molecule is CC/C=C\C/C=C\C/C=C\C/C=C\C/C=C\CCCCCCCCCCCCCCCCCC(=O)NC(COC1OC(CO)C(O)C(O)C1O)C(O)/C=C/CCCCCCC. The molecule has 1 aliphatic heterocycles. The van der Waals surface area contributed by atoms with E-state index in [1.807, 2.05) is 6.08 Å². The van der Waals surface area contributed by atoms with Gasteiger partial charge in [0.1, 0.15) is 24.4 Å². The number of hydrogen-bond donors (Lipinski definition) is 6. The van der Waals surface area contributed by atoms with E-state index in [0.717, 1.165) is 70.6 Å². The second-order valence-electron chi connectivity index (χ2n) is 16.9. The lowest BCUT2D eigenvalue weighted by atomic mass is 9.99. The van der Waals surface area contributed by atoms with Crippen LogP contribution >= 0.6 is 0 Å².